The molecule has 0 radical (unpaired) electrons. The molecule has 0 atom stereocenters. The van der Waals surface area contributed by atoms with Gasteiger partial charge in [-0.3, -0.25) is 0 Å². The fourth-order valence-corrected chi connectivity index (χ4v) is 3.94. The van der Waals surface area contributed by atoms with Gasteiger partial charge >= 0.3 is 6.03 Å². The lowest BCUT2D eigenvalue weighted by Crippen LogP contribution is -2.42. The third-order valence-electron chi connectivity index (χ3n) is 4.84. The number of urea groups is 1. The highest BCUT2D eigenvalue weighted by atomic mass is 35.5. The van der Waals surface area contributed by atoms with Gasteiger partial charge in [-0.25, -0.2) is 4.79 Å². The Morgan fingerprint density at radius 1 is 1.22 bits per heavy atom. The van der Waals surface area contributed by atoms with E-state index in [1.165, 1.54) is 5.56 Å². The topological polar surface area (TPSA) is 57.4 Å². The number of carbonyl (C=O) groups is 1. The smallest absolute Gasteiger partial charge is 0.318 e. The zero-order chi connectivity index (χ0) is 19.0. The first-order chi connectivity index (χ1) is 13.0. The van der Waals surface area contributed by atoms with Crippen molar-refractivity contribution in [1.82, 2.24) is 15.2 Å². The van der Waals surface area contributed by atoms with Crippen LogP contribution in [0.2, 0.25) is 10.0 Å². The molecule has 140 valence electrons. The van der Waals surface area contributed by atoms with Crippen molar-refractivity contribution in [3.05, 3.63) is 63.3 Å². The average molecular weight is 404 g/mol. The summed E-state index contributed by atoms with van der Waals surface area (Å²) in [5.74, 6) is 0.672. The molecule has 7 heteroatoms. The second-order valence-corrected chi connectivity index (χ2v) is 7.47. The highest BCUT2D eigenvalue weighted by Gasteiger charge is 2.23. The lowest BCUT2D eigenvalue weighted by molar-refractivity contribution is 0.191. The molecule has 4 rings (SSSR count). The molecule has 0 unspecified atom stereocenters. The van der Waals surface area contributed by atoms with Crippen molar-refractivity contribution in [2.45, 2.75) is 19.5 Å². The van der Waals surface area contributed by atoms with Crippen molar-refractivity contribution < 1.29 is 9.53 Å². The summed E-state index contributed by atoms with van der Waals surface area (Å²) in [5, 5.41) is 5.41. The quantitative estimate of drug-likeness (QED) is 0.662. The zero-order valence-electron chi connectivity index (χ0n) is 14.8. The standard InChI is InChI=1S/C20H19Cl2N3O2/c1-27-15-7-12(6-14(22)8-15)10-23-20(26)25-5-4-16-17-9-13(21)2-3-18(17)24-19(16)11-25/h2-3,6-9,24H,4-5,10-11H2,1H3,(H,23,26). The van der Waals surface area contributed by atoms with Gasteiger partial charge in [0.05, 0.1) is 13.7 Å². The number of rotatable bonds is 3. The van der Waals surface area contributed by atoms with Crippen LogP contribution in [0.15, 0.2) is 36.4 Å². The van der Waals surface area contributed by atoms with Crippen LogP contribution in [-0.2, 0) is 19.5 Å². The number of ether oxygens (including phenoxy) is 1. The molecule has 1 aliphatic heterocycles. The van der Waals surface area contributed by atoms with Crippen molar-refractivity contribution in [1.29, 1.82) is 0 Å². The van der Waals surface area contributed by atoms with Crippen LogP contribution in [-0.4, -0.2) is 29.6 Å². The summed E-state index contributed by atoms with van der Waals surface area (Å²) in [4.78, 5) is 17.8. The Bertz CT molecular complexity index is 1020. The molecule has 5 nitrogen and oxygen atoms in total. The van der Waals surface area contributed by atoms with E-state index in [4.69, 9.17) is 27.9 Å². The Morgan fingerprint density at radius 3 is 2.89 bits per heavy atom. The van der Waals surface area contributed by atoms with Crippen molar-refractivity contribution in [3.63, 3.8) is 0 Å². The van der Waals surface area contributed by atoms with E-state index in [1.807, 2.05) is 30.3 Å². The van der Waals surface area contributed by atoms with E-state index in [0.717, 1.165) is 33.6 Å². The van der Waals surface area contributed by atoms with Gasteiger partial charge < -0.3 is 19.9 Å². The van der Waals surface area contributed by atoms with Crippen LogP contribution in [0.3, 0.4) is 0 Å². The van der Waals surface area contributed by atoms with Gasteiger partial charge in [0.2, 0.25) is 0 Å². The van der Waals surface area contributed by atoms with E-state index >= 15 is 0 Å². The number of benzene rings is 2. The first-order valence-electron chi connectivity index (χ1n) is 8.68. The zero-order valence-corrected chi connectivity index (χ0v) is 16.3. The number of carbonyl (C=O) groups excluding carboxylic acids is 1. The Hall–Kier alpha value is -2.37. The number of amides is 2. The van der Waals surface area contributed by atoms with Gasteiger partial charge in [0, 0.05) is 39.7 Å². The highest BCUT2D eigenvalue weighted by molar-refractivity contribution is 6.31. The highest BCUT2D eigenvalue weighted by Crippen LogP contribution is 2.29. The fraction of sp³-hybridized carbons (Fsp3) is 0.250. The first-order valence-corrected chi connectivity index (χ1v) is 9.44. The van der Waals surface area contributed by atoms with Crippen LogP contribution in [0.25, 0.3) is 10.9 Å². The van der Waals surface area contributed by atoms with Gasteiger partial charge in [-0.05, 0) is 53.9 Å². The Kier molecular flexibility index (Phi) is 4.89. The number of nitrogens with one attached hydrogen (secondary N) is 2. The fourth-order valence-electron chi connectivity index (χ4n) is 3.52. The summed E-state index contributed by atoms with van der Waals surface area (Å²) in [6.07, 6.45) is 0.800. The van der Waals surface area contributed by atoms with Crippen LogP contribution in [0, 0.1) is 0 Å². The first kappa shape index (κ1) is 18.0. The second kappa shape index (κ2) is 7.33. The van der Waals surface area contributed by atoms with Gasteiger partial charge in [-0.15, -0.1) is 0 Å². The number of aromatic nitrogens is 1. The molecular formula is C20H19Cl2N3O2. The molecule has 0 bridgehead atoms. The van der Waals surface area contributed by atoms with Gasteiger partial charge in [0.25, 0.3) is 0 Å². The minimum absolute atomic E-state index is 0.101. The van der Waals surface area contributed by atoms with E-state index in [-0.39, 0.29) is 6.03 Å². The SMILES string of the molecule is COc1cc(Cl)cc(CNC(=O)N2CCc3c([nH]c4ccc(Cl)cc34)C2)c1. The predicted molar refractivity (Wildman–Crippen MR) is 108 cm³/mol. The maximum atomic E-state index is 12.6. The number of halogens is 2. The number of nitrogens with zero attached hydrogens (tertiary/aromatic N) is 1. The number of methoxy groups -OCH3 is 1. The number of H-pyrrole nitrogens is 1. The molecule has 2 heterocycles. The van der Waals surface area contributed by atoms with Gasteiger partial charge in [-0.1, -0.05) is 23.2 Å². The van der Waals surface area contributed by atoms with E-state index in [9.17, 15) is 4.79 Å². The second-order valence-electron chi connectivity index (χ2n) is 6.60. The van der Waals surface area contributed by atoms with E-state index in [0.29, 0.717) is 30.4 Å². The van der Waals surface area contributed by atoms with E-state index < -0.39 is 0 Å². The minimum Gasteiger partial charge on any atom is -0.497 e. The van der Waals surface area contributed by atoms with Crippen LogP contribution in [0.4, 0.5) is 4.79 Å². The molecule has 1 aliphatic rings. The molecule has 0 fully saturated rings. The van der Waals surface area contributed by atoms with Gasteiger partial charge in [0.15, 0.2) is 0 Å². The van der Waals surface area contributed by atoms with E-state index in [1.54, 1.807) is 18.1 Å². The van der Waals surface area contributed by atoms with Crippen molar-refractivity contribution in [2.24, 2.45) is 0 Å². The molecule has 0 spiro atoms. The Labute approximate surface area is 167 Å². The maximum absolute atomic E-state index is 12.6. The minimum atomic E-state index is -0.101. The summed E-state index contributed by atoms with van der Waals surface area (Å²) < 4.78 is 5.21. The van der Waals surface area contributed by atoms with Gasteiger partial charge in [0.1, 0.15) is 5.75 Å². The summed E-state index contributed by atoms with van der Waals surface area (Å²) in [6.45, 7) is 1.60. The number of fused-ring (bicyclic) bond motifs is 3. The maximum Gasteiger partial charge on any atom is 0.318 e. The summed E-state index contributed by atoms with van der Waals surface area (Å²) in [5.41, 5.74) is 4.26. The molecule has 2 aromatic carbocycles. The van der Waals surface area contributed by atoms with E-state index in [2.05, 4.69) is 10.3 Å². The number of hydrogen-bond acceptors (Lipinski definition) is 2. The van der Waals surface area contributed by atoms with Crippen LogP contribution in [0.5, 0.6) is 5.75 Å². The predicted octanol–water partition coefficient (Wildman–Crippen LogP) is 4.75. The van der Waals surface area contributed by atoms with Crippen LogP contribution < -0.4 is 10.1 Å². The van der Waals surface area contributed by atoms with Crippen molar-refractivity contribution in [2.75, 3.05) is 13.7 Å². The summed E-state index contributed by atoms with van der Waals surface area (Å²) in [7, 11) is 1.59. The van der Waals surface area contributed by atoms with Crippen LogP contribution in [0.1, 0.15) is 16.8 Å². The summed E-state index contributed by atoms with van der Waals surface area (Å²) >= 11 is 12.2. The normalized spacial score (nSPS) is 13.5. The molecule has 2 N–H and O–H groups in total. The van der Waals surface area contributed by atoms with Crippen LogP contribution >= 0.6 is 23.2 Å². The average Bonchev–Trinajstić information content (AvgIpc) is 3.02. The number of hydrogen-bond donors (Lipinski definition) is 2. The molecule has 1 aromatic heterocycles. The van der Waals surface area contributed by atoms with Gasteiger partial charge in [-0.2, -0.15) is 0 Å². The third-order valence-corrected chi connectivity index (χ3v) is 5.29. The monoisotopic (exact) mass is 403 g/mol. The summed E-state index contributed by atoms with van der Waals surface area (Å²) in [6, 6.07) is 11.1. The largest absolute Gasteiger partial charge is 0.497 e. The molecular weight excluding hydrogens is 385 g/mol. The Morgan fingerprint density at radius 2 is 2.07 bits per heavy atom. The lowest BCUT2D eigenvalue weighted by Gasteiger charge is -2.27. The van der Waals surface area contributed by atoms with Crippen molar-refractivity contribution >= 4 is 40.1 Å². The molecule has 3 aromatic rings. The molecule has 0 aliphatic carbocycles. The lowest BCUT2D eigenvalue weighted by atomic mass is 10.0. The third kappa shape index (κ3) is 3.70. The Balaban J connectivity index is 1.45. The molecule has 0 saturated carbocycles. The molecule has 2 amide bonds. The molecule has 27 heavy (non-hydrogen) atoms. The number of aromatic amines is 1. The van der Waals surface area contributed by atoms with Crippen molar-refractivity contribution in [3.8, 4) is 5.75 Å². The molecule has 0 saturated heterocycles.